The Kier molecular flexibility index (Phi) is 21.4. The maximum absolute atomic E-state index is 13.6. The molecule has 2 atom stereocenters. The van der Waals surface area contributed by atoms with E-state index in [0.29, 0.717) is 138 Å². The van der Waals surface area contributed by atoms with Gasteiger partial charge in [-0.05, 0) is 70.8 Å². The highest BCUT2D eigenvalue weighted by atomic mass is 32.2. The molecular formula is C58H64N6O10S2. The number of aromatic nitrogens is 4. The second-order valence-corrected chi connectivity index (χ2v) is 19.5. The molecule has 0 aliphatic heterocycles. The predicted octanol–water partition coefficient (Wildman–Crippen LogP) is 8.15. The summed E-state index contributed by atoms with van der Waals surface area (Å²) >= 11 is 2.52. The van der Waals surface area contributed by atoms with E-state index in [-0.39, 0.29) is 22.9 Å². The fraction of sp³-hybridized carbons (Fsp3) is 0.345. The van der Waals surface area contributed by atoms with Crippen molar-refractivity contribution in [3.8, 4) is 0 Å². The SMILES string of the molecule is CCn1c(SC(C(=O)NCCOCCOCCOCCOCCOCCOCCNC(=O)C(Sc2nc3cc4ccccc4cc3c(=O)n2CC)c2ccccc2)c2ccccc2)nc2cc3ccccc3cc2c1=O. The minimum absolute atomic E-state index is 0.135. The van der Waals surface area contributed by atoms with Crippen LogP contribution in [0.3, 0.4) is 0 Å². The first-order valence-corrected chi connectivity index (χ1v) is 27.4. The molecule has 2 aromatic heterocycles. The number of amides is 2. The predicted molar refractivity (Wildman–Crippen MR) is 299 cm³/mol. The Balaban J connectivity index is 0.643. The molecule has 0 aliphatic rings. The van der Waals surface area contributed by atoms with Crippen molar-refractivity contribution < 1.29 is 38.0 Å². The second-order valence-electron chi connectivity index (χ2n) is 17.4. The van der Waals surface area contributed by atoms with Crippen molar-refractivity contribution in [1.29, 1.82) is 0 Å². The third-order valence-corrected chi connectivity index (χ3v) is 14.8. The molecule has 2 amide bonds. The molecule has 8 aromatic rings. The average Bonchev–Trinajstić information content (AvgIpc) is 3.45. The number of rotatable bonds is 31. The summed E-state index contributed by atoms with van der Waals surface area (Å²) in [6.07, 6.45) is 0. The molecule has 6 aromatic carbocycles. The molecule has 0 fully saturated rings. The van der Waals surface area contributed by atoms with Gasteiger partial charge >= 0.3 is 0 Å². The zero-order chi connectivity index (χ0) is 52.9. The van der Waals surface area contributed by atoms with Gasteiger partial charge in [-0.2, -0.15) is 0 Å². The van der Waals surface area contributed by atoms with Crippen LogP contribution in [0.2, 0.25) is 0 Å². The van der Waals surface area contributed by atoms with Gasteiger partial charge in [0.25, 0.3) is 11.1 Å². The Morgan fingerprint density at radius 1 is 0.447 bits per heavy atom. The Labute approximate surface area is 449 Å². The highest BCUT2D eigenvalue weighted by Gasteiger charge is 2.27. The second kappa shape index (κ2) is 29.1. The summed E-state index contributed by atoms with van der Waals surface area (Å²) in [5.41, 5.74) is 2.53. The normalized spacial score (nSPS) is 12.4. The number of nitrogens with zero attached hydrogens (tertiary/aromatic N) is 4. The third kappa shape index (κ3) is 15.1. The van der Waals surface area contributed by atoms with Crippen LogP contribution >= 0.6 is 23.5 Å². The Morgan fingerprint density at radius 2 is 0.750 bits per heavy atom. The molecule has 76 heavy (non-hydrogen) atoms. The fourth-order valence-corrected chi connectivity index (χ4v) is 10.8. The number of fused-ring (bicyclic) bond motifs is 4. The van der Waals surface area contributed by atoms with Crippen molar-refractivity contribution in [3.05, 3.63) is 165 Å². The maximum atomic E-state index is 13.6. The van der Waals surface area contributed by atoms with Crippen LogP contribution in [0.15, 0.2) is 153 Å². The van der Waals surface area contributed by atoms with E-state index in [0.717, 1.165) is 32.7 Å². The third-order valence-electron chi connectivity index (χ3n) is 12.3. The zero-order valence-corrected chi connectivity index (χ0v) is 44.5. The van der Waals surface area contributed by atoms with Crippen LogP contribution in [0.1, 0.15) is 35.5 Å². The van der Waals surface area contributed by atoms with Crippen LogP contribution in [0.25, 0.3) is 43.4 Å². The number of ether oxygens (including phenoxy) is 6. The lowest BCUT2D eigenvalue weighted by Crippen LogP contribution is -2.32. The number of thioether (sulfide) groups is 2. The maximum Gasteiger partial charge on any atom is 0.262 e. The number of hydrogen-bond acceptors (Lipinski definition) is 14. The summed E-state index contributed by atoms with van der Waals surface area (Å²) in [6.45, 7) is 9.79. The average molecular weight is 1070 g/mol. The van der Waals surface area contributed by atoms with E-state index in [9.17, 15) is 19.2 Å². The van der Waals surface area contributed by atoms with E-state index in [1.165, 1.54) is 23.5 Å². The highest BCUT2D eigenvalue weighted by molar-refractivity contribution is 8.00. The smallest absolute Gasteiger partial charge is 0.262 e. The largest absolute Gasteiger partial charge is 0.377 e. The van der Waals surface area contributed by atoms with E-state index in [4.69, 9.17) is 38.4 Å². The van der Waals surface area contributed by atoms with Crippen LogP contribution in [0.5, 0.6) is 0 Å². The molecule has 8 rings (SSSR count). The van der Waals surface area contributed by atoms with Gasteiger partial charge in [0.1, 0.15) is 10.5 Å². The highest BCUT2D eigenvalue weighted by Crippen LogP contribution is 2.37. The van der Waals surface area contributed by atoms with E-state index in [1.54, 1.807) is 9.13 Å². The first kappa shape index (κ1) is 55.7. The summed E-state index contributed by atoms with van der Waals surface area (Å²) < 4.78 is 37.1. The topological polar surface area (TPSA) is 183 Å². The van der Waals surface area contributed by atoms with E-state index >= 15 is 0 Å². The molecule has 0 radical (unpaired) electrons. The Morgan fingerprint density at radius 3 is 1.08 bits per heavy atom. The van der Waals surface area contributed by atoms with Gasteiger partial charge in [-0.15, -0.1) is 0 Å². The van der Waals surface area contributed by atoms with E-state index < -0.39 is 10.5 Å². The van der Waals surface area contributed by atoms with E-state index in [1.807, 2.05) is 147 Å². The van der Waals surface area contributed by atoms with Gasteiger partial charge < -0.3 is 39.1 Å². The standard InChI is InChI=1S/C58H64N6O10S2/c1-3-63-55(67)47-37-43-19-11-13-21-45(43)39-49(47)61-57(63)75-51(41-15-7-5-8-16-41)53(65)59-23-25-69-27-29-71-31-33-73-35-36-74-34-32-72-30-28-70-26-24-60-54(66)52(42-17-9-6-10-18-42)76-58-62-50-40-46-22-14-12-20-44(46)38-48(50)56(68)64(58)4-2/h5-22,37-40,51-52H,3-4,23-36H2,1-2H3,(H,59,65)(H,60,66). The summed E-state index contributed by atoms with van der Waals surface area (Å²) in [7, 11) is 0. The van der Waals surface area contributed by atoms with Gasteiger partial charge in [0.15, 0.2) is 10.3 Å². The summed E-state index contributed by atoms with van der Waals surface area (Å²) in [6, 6.07) is 42.4. The van der Waals surface area contributed by atoms with Gasteiger partial charge in [0.2, 0.25) is 11.8 Å². The number of carbonyl (C=O) groups excluding carboxylic acids is 2. The molecule has 0 aliphatic carbocycles. The van der Waals surface area contributed by atoms with Gasteiger partial charge in [-0.3, -0.25) is 28.3 Å². The van der Waals surface area contributed by atoms with Crippen molar-refractivity contribution >= 4 is 78.7 Å². The Hall–Kier alpha value is -6.48. The zero-order valence-electron chi connectivity index (χ0n) is 42.9. The van der Waals surface area contributed by atoms with Crippen LogP contribution in [-0.2, 0) is 51.1 Å². The van der Waals surface area contributed by atoms with Crippen LogP contribution in [-0.4, -0.2) is 123 Å². The Bertz CT molecular complexity index is 3070. The molecule has 0 saturated heterocycles. The lowest BCUT2D eigenvalue weighted by molar-refractivity contribution is -0.121. The molecule has 2 heterocycles. The van der Waals surface area contributed by atoms with Crippen molar-refractivity contribution in [2.24, 2.45) is 0 Å². The lowest BCUT2D eigenvalue weighted by Gasteiger charge is -2.19. The van der Waals surface area contributed by atoms with Gasteiger partial charge in [-0.1, -0.05) is 133 Å². The van der Waals surface area contributed by atoms with Crippen LogP contribution in [0, 0.1) is 0 Å². The molecule has 2 unspecified atom stereocenters. The van der Waals surface area contributed by atoms with Gasteiger partial charge in [0.05, 0.1) is 101 Å². The van der Waals surface area contributed by atoms with Gasteiger partial charge in [-0.25, -0.2) is 9.97 Å². The van der Waals surface area contributed by atoms with Crippen molar-refractivity contribution in [3.63, 3.8) is 0 Å². The molecule has 0 bridgehead atoms. The molecule has 398 valence electrons. The fourth-order valence-electron chi connectivity index (χ4n) is 8.41. The molecule has 2 N–H and O–H groups in total. The van der Waals surface area contributed by atoms with E-state index in [2.05, 4.69) is 10.6 Å². The molecule has 0 saturated carbocycles. The minimum atomic E-state index is -0.640. The van der Waals surface area contributed by atoms with Crippen molar-refractivity contribution in [1.82, 2.24) is 29.7 Å². The van der Waals surface area contributed by atoms with Crippen LogP contribution in [0.4, 0.5) is 0 Å². The number of carbonyl (C=O) groups is 2. The van der Waals surface area contributed by atoms with Crippen molar-refractivity contribution in [2.45, 2.75) is 47.7 Å². The molecule has 0 spiro atoms. The lowest BCUT2D eigenvalue weighted by atomic mass is 10.1. The van der Waals surface area contributed by atoms with Gasteiger partial charge in [0, 0.05) is 26.2 Å². The molecule has 16 nitrogen and oxygen atoms in total. The van der Waals surface area contributed by atoms with Crippen LogP contribution < -0.4 is 21.8 Å². The molecular weight excluding hydrogens is 1000 g/mol. The quantitative estimate of drug-likeness (QED) is 0.0184. The van der Waals surface area contributed by atoms with Crippen molar-refractivity contribution in [2.75, 3.05) is 92.4 Å². The number of benzene rings is 6. The minimum Gasteiger partial charge on any atom is -0.377 e. The monoisotopic (exact) mass is 1070 g/mol. The summed E-state index contributed by atoms with van der Waals surface area (Å²) in [4.78, 5) is 64.4. The summed E-state index contributed by atoms with van der Waals surface area (Å²) in [5.74, 6) is -0.409. The number of hydrogen-bond donors (Lipinski definition) is 2. The molecule has 18 heteroatoms. The summed E-state index contributed by atoms with van der Waals surface area (Å²) in [5, 5.41) is 10.7. The first-order chi connectivity index (χ1) is 37.3. The first-order valence-electron chi connectivity index (χ1n) is 25.6. The number of nitrogens with one attached hydrogen (secondary N) is 2.